The fourth-order valence-electron chi connectivity index (χ4n) is 2.31. The molecule has 1 amide bonds. The largest absolute Gasteiger partial charge is 0.573 e. The number of amides is 1. The summed E-state index contributed by atoms with van der Waals surface area (Å²) in [5.41, 5.74) is 1.44. The van der Waals surface area contributed by atoms with Crippen molar-refractivity contribution < 1.29 is 22.7 Å². The van der Waals surface area contributed by atoms with Crippen LogP contribution in [0.25, 0.3) is 5.69 Å². The number of ether oxygens (including phenoxy) is 1. The van der Waals surface area contributed by atoms with Crippen molar-refractivity contribution in [2.24, 2.45) is 0 Å². The number of halogens is 3. The van der Waals surface area contributed by atoms with Gasteiger partial charge in [-0.1, -0.05) is 29.5 Å². The highest BCUT2D eigenvalue weighted by Gasteiger charge is 2.31. The Kier molecular flexibility index (Phi) is 4.61. The lowest BCUT2D eigenvalue weighted by molar-refractivity contribution is -0.274. The molecule has 9 heteroatoms. The van der Waals surface area contributed by atoms with E-state index in [4.69, 9.17) is 0 Å². The van der Waals surface area contributed by atoms with Gasteiger partial charge < -0.3 is 10.1 Å². The summed E-state index contributed by atoms with van der Waals surface area (Å²) in [7, 11) is 0. The van der Waals surface area contributed by atoms with Gasteiger partial charge in [0.1, 0.15) is 5.75 Å². The second kappa shape index (κ2) is 6.87. The molecular formula is C17H13F3N4O2. The smallest absolute Gasteiger partial charge is 0.406 e. The molecule has 0 unspecified atom stereocenters. The van der Waals surface area contributed by atoms with Gasteiger partial charge in [0.05, 0.1) is 11.4 Å². The van der Waals surface area contributed by atoms with Gasteiger partial charge in [-0.05, 0) is 31.2 Å². The number of hydrogen-bond donors (Lipinski definition) is 1. The molecule has 0 bridgehead atoms. The number of aromatic nitrogens is 3. The van der Waals surface area contributed by atoms with Crippen LogP contribution in [0, 0.1) is 6.92 Å². The van der Waals surface area contributed by atoms with Crippen molar-refractivity contribution in [1.82, 2.24) is 15.0 Å². The number of carbonyl (C=O) groups is 1. The second-order valence-corrected chi connectivity index (χ2v) is 5.30. The van der Waals surface area contributed by atoms with Crippen LogP contribution in [0.1, 0.15) is 16.2 Å². The van der Waals surface area contributed by atoms with E-state index >= 15 is 0 Å². The molecule has 0 aliphatic rings. The normalized spacial score (nSPS) is 11.2. The summed E-state index contributed by atoms with van der Waals surface area (Å²) in [5.74, 6) is -1.02. The van der Waals surface area contributed by atoms with Crippen LogP contribution in [0.3, 0.4) is 0 Å². The van der Waals surface area contributed by atoms with Crippen LogP contribution in [-0.2, 0) is 0 Å². The number of rotatable bonds is 4. The number of carbonyl (C=O) groups excluding carboxylic acids is 1. The fourth-order valence-corrected chi connectivity index (χ4v) is 2.31. The van der Waals surface area contributed by atoms with E-state index in [1.54, 1.807) is 19.1 Å². The Morgan fingerprint density at radius 2 is 1.85 bits per heavy atom. The molecule has 0 spiro atoms. The Morgan fingerprint density at radius 3 is 2.54 bits per heavy atom. The van der Waals surface area contributed by atoms with Crippen molar-refractivity contribution in [1.29, 1.82) is 0 Å². The summed E-state index contributed by atoms with van der Waals surface area (Å²) in [5, 5.41) is 10.3. The minimum atomic E-state index is -4.81. The van der Waals surface area contributed by atoms with Gasteiger partial charge in [-0.15, -0.1) is 18.3 Å². The van der Waals surface area contributed by atoms with E-state index in [1.165, 1.54) is 16.8 Å². The third kappa shape index (κ3) is 4.00. The monoisotopic (exact) mass is 362 g/mol. The zero-order valence-electron chi connectivity index (χ0n) is 13.5. The van der Waals surface area contributed by atoms with Crippen LogP contribution in [0.5, 0.6) is 5.75 Å². The van der Waals surface area contributed by atoms with E-state index < -0.39 is 18.0 Å². The Labute approximate surface area is 146 Å². The van der Waals surface area contributed by atoms with E-state index in [-0.39, 0.29) is 11.4 Å². The molecule has 26 heavy (non-hydrogen) atoms. The standard InChI is InChI=1S/C17H13F3N4O2/c1-11-15(22-23-24(11)13-7-3-2-4-8-13)16(25)21-12-6-5-9-14(10-12)26-17(18,19)20/h2-10H,1H3,(H,21,25). The van der Waals surface area contributed by atoms with E-state index in [0.29, 0.717) is 5.69 Å². The number of nitrogens with one attached hydrogen (secondary N) is 1. The van der Waals surface area contributed by atoms with Crippen LogP contribution in [0.2, 0.25) is 0 Å². The first-order valence-corrected chi connectivity index (χ1v) is 7.48. The quantitative estimate of drug-likeness (QED) is 0.768. The summed E-state index contributed by atoms with van der Waals surface area (Å²) in [6.07, 6.45) is -4.81. The van der Waals surface area contributed by atoms with Crippen LogP contribution in [-0.4, -0.2) is 27.3 Å². The number of para-hydroxylation sites is 1. The van der Waals surface area contributed by atoms with Gasteiger partial charge in [0, 0.05) is 11.8 Å². The third-order valence-electron chi connectivity index (χ3n) is 3.44. The number of nitrogens with zero attached hydrogens (tertiary/aromatic N) is 3. The summed E-state index contributed by atoms with van der Waals surface area (Å²) in [6, 6.07) is 14.1. The molecule has 134 valence electrons. The molecular weight excluding hydrogens is 349 g/mol. The highest BCUT2D eigenvalue weighted by Crippen LogP contribution is 2.25. The van der Waals surface area contributed by atoms with E-state index in [0.717, 1.165) is 17.8 Å². The molecule has 0 aliphatic carbocycles. The Bertz CT molecular complexity index is 923. The van der Waals surface area contributed by atoms with Gasteiger partial charge in [-0.3, -0.25) is 4.79 Å². The average molecular weight is 362 g/mol. The van der Waals surface area contributed by atoms with Crippen molar-refractivity contribution in [2.45, 2.75) is 13.3 Å². The van der Waals surface area contributed by atoms with Gasteiger partial charge in [-0.25, -0.2) is 4.68 Å². The van der Waals surface area contributed by atoms with Gasteiger partial charge in [0.15, 0.2) is 5.69 Å². The maximum Gasteiger partial charge on any atom is 0.573 e. The van der Waals surface area contributed by atoms with Crippen molar-refractivity contribution in [3.05, 3.63) is 66.0 Å². The summed E-state index contributed by atoms with van der Waals surface area (Å²) < 4.78 is 42.2. The topological polar surface area (TPSA) is 69.0 Å². The summed E-state index contributed by atoms with van der Waals surface area (Å²) in [6.45, 7) is 1.67. The Morgan fingerprint density at radius 1 is 1.12 bits per heavy atom. The first-order valence-electron chi connectivity index (χ1n) is 7.48. The molecule has 0 atom stereocenters. The zero-order valence-corrected chi connectivity index (χ0v) is 13.5. The van der Waals surface area contributed by atoms with Crippen LogP contribution >= 0.6 is 0 Å². The zero-order chi connectivity index (χ0) is 18.7. The number of benzene rings is 2. The average Bonchev–Trinajstić information content (AvgIpc) is 2.96. The first-order chi connectivity index (χ1) is 12.3. The third-order valence-corrected chi connectivity index (χ3v) is 3.44. The molecule has 3 aromatic rings. The molecule has 3 rings (SSSR count). The molecule has 0 radical (unpaired) electrons. The minimum absolute atomic E-state index is 0.0657. The second-order valence-electron chi connectivity index (χ2n) is 5.30. The SMILES string of the molecule is Cc1c(C(=O)Nc2cccc(OC(F)(F)F)c2)nnn1-c1ccccc1. The Hall–Kier alpha value is -3.36. The molecule has 0 saturated heterocycles. The Balaban J connectivity index is 1.79. The fraction of sp³-hybridized carbons (Fsp3) is 0.118. The van der Waals surface area contributed by atoms with Crippen molar-refractivity contribution >= 4 is 11.6 Å². The van der Waals surface area contributed by atoms with Crippen LogP contribution < -0.4 is 10.1 Å². The maximum atomic E-state index is 12.4. The molecule has 6 nitrogen and oxygen atoms in total. The minimum Gasteiger partial charge on any atom is -0.406 e. The van der Waals surface area contributed by atoms with Gasteiger partial charge >= 0.3 is 6.36 Å². The van der Waals surface area contributed by atoms with Crippen LogP contribution in [0.4, 0.5) is 18.9 Å². The molecule has 2 aromatic carbocycles. The highest BCUT2D eigenvalue weighted by atomic mass is 19.4. The van der Waals surface area contributed by atoms with E-state index in [1.807, 2.05) is 18.2 Å². The molecule has 1 heterocycles. The lowest BCUT2D eigenvalue weighted by Crippen LogP contribution is -2.18. The summed E-state index contributed by atoms with van der Waals surface area (Å²) in [4.78, 5) is 12.4. The summed E-state index contributed by atoms with van der Waals surface area (Å²) >= 11 is 0. The van der Waals surface area contributed by atoms with E-state index in [2.05, 4.69) is 20.4 Å². The number of hydrogen-bond acceptors (Lipinski definition) is 4. The molecule has 1 aromatic heterocycles. The maximum absolute atomic E-state index is 12.4. The molecule has 1 N–H and O–H groups in total. The number of alkyl halides is 3. The van der Waals surface area contributed by atoms with Gasteiger partial charge in [-0.2, -0.15) is 0 Å². The highest BCUT2D eigenvalue weighted by molar-refractivity contribution is 6.03. The van der Waals surface area contributed by atoms with Gasteiger partial charge in [0.25, 0.3) is 5.91 Å². The lowest BCUT2D eigenvalue weighted by Gasteiger charge is -2.10. The van der Waals surface area contributed by atoms with Crippen molar-refractivity contribution in [3.8, 4) is 11.4 Å². The predicted molar refractivity (Wildman–Crippen MR) is 87.2 cm³/mol. The predicted octanol–water partition coefficient (Wildman–Crippen LogP) is 3.73. The van der Waals surface area contributed by atoms with Crippen molar-refractivity contribution in [3.63, 3.8) is 0 Å². The molecule has 0 saturated carbocycles. The van der Waals surface area contributed by atoms with E-state index in [9.17, 15) is 18.0 Å². The van der Waals surface area contributed by atoms with Crippen molar-refractivity contribution in [2.75, 3.05) is 5.32 Å². The number of anilines is 1. The molecule has 0 fully saturated rings. The van der Waals surface area contributed by atoms with Gasteiger partial charge in [0.2, 0.25) is 0 Å². The molecule has 0 aliphatic heterocycles. The first kappa shape index (κ1) is 17.5. The van der Waals surface area contributed by atoms with Crippen LogP contribution in [0.15, 0.2) is 54.6 Å². The lowest BCUT2D eigenvalue weighted by atomic mass is 10.2.